The maximum Gasteiger partial charge on any atom is 0.0544 e. The number of benzene rings is 1. The van der Waals surface area contributed by atoms with Gasteiger partial charge in [0.05, 0.1) is 5.56 Å². The normalized spacial score (nSPS) is 10.5. The fraction of sp³-hybridized carbons (Fsp3) is 0.545. The lowest BCUT2D eigenvalue weighted by molar-refractivity contribution is 0.589. The van der Waals surface area contributed by atoms with Crippen molar-refractivity contribution in [1.29, 1.82) is 0 Å². The van der Waals surface area contributed by atoms with E-state index in [1.165, 1.54) is 18.4 Å². The molecule has 0 amide bonds. The average Bonchev–Trinajstić information content (AvgIpc) is 2.48. The highest BCUT2D eigenvalue weighted by Crippen LogP contribution is 2.29. The van der Waals surface area contributed by atoms with E-state index in [1.54, 1.807) is 0 Å². The molecule has 0 aromatic heterocycles. The molecule has 0 aliphatic rings. The van der Waals surface area contributed by atoms with Gasteiger partial charge < -0.3 is 0 Å². The third kappa shape index (κ3) is 6.85. The number of hydrogen-bond acceptors (Lipinski definition) is 0. The summed E-state index contributed by atoms with van der Waals surface area (Å²) in [6.45, 7) is 11.1. The summed E-state index contributed by atoms with van der Waals surface area (Å²) in [7, 11) is 0. The van der Waals surface area contributed by atoms with E-state index in [0.717, 1.165) is 41.3 Å². The molecule has 0 heterocycles. The molecule has 0 aliphatic carbocycles. The van der Waals surface area contributed by atoms with E-state index in [0.29, 0.717) is 0 Å². The van der Waals surface area contributed by atoms with Gasteiger partial charge in [0.25, 0.3) is 0 Å². The van der Waals surface area contributed by atoms with Crippen LogP contribution in [0.5, 0.6) is 0 Å². The van der Waals surface area contributed by atoms with Gasteiger partial charge in [-0.1, -0.05) is 71.1 Å². The van der Waals surface area contributed by atoms with Gasteiger partial charge in [-0.25, -0.2) is 0 Å². The van der Waals surface area contributed by atoms with Crippen LogP contribution in [-0.2, 0) is 5.41 Å². The molecule has 0 fully saturated rings. The average molecular weight is 373 g/mol. The van der Waals surface area contributed by atoms with Crippen molar-refractivity contribution in [2.24, 2.45) is 0 Å². The fourth-order valence-corrected chi connectivity index (χ4v) is 2.66. The zero-order valence-corrected chi connectivity index (χ0v) is 16.9. The van der Waals surface area contributed by atoms with Crippen LogP contribution in [-0.4, -0.2) is 0 Å². The van der Waals surface area contributed by atoms with Crippen molar-refractivity contribution < 1.29 is 0 Å². The number of rotatable bonds is 4. The molecule has 0 saturated heterocycles. The molecule has 0 atom stereocenters. The van der Waals surface area contributed by atoms with Gasteiger partial charge in [-0.2, -0.15) is 0 Å². The van der Waals surface area contributed by atoms with Crippen LogP contribution in [0.1, 0.15) is 89.8 Å². The molecule has 124 valence electrons. The number of unbranched alkanes of at least 4 members (excludes halogenated alkanes) is 4. The lowest BCUT2D eigenvalue weighted by Gasteiger charge is -2.20. The smallest absolute Gasteiger partial charge is 0.0544 e. The first kappa shape index (κ1) is 19.9. The Bertz CT molecular complexity index is 624. The molecule has 0 nitrogen and oxygen atoms in total. The van der Waals surface area contributed by atoms with Gasteiger partial charge in [0.2, 0.25) is 0 Å². The van der Waals surface area contributed by atoms with Crippen LogP contribution < -0.4 is 0 Å². The molecule has 23 heavy (non-hydrogen) atoms. The number of halogens is 1. The summed E-state index contributed by atoms with van der Waals surface area (Å²) < 4.78 is 1.06. The monoisotopic (exact) mass is 372 g/mol. The first-order valence-electron chi connectivity index (χ1n) is 8.72. The summed E-state index contributed by atoms with van der Waals surface area (Å²) in [5.74, 6) is 13.3. The second-order valence-corrected chi connectivity index (χ2v) is 7.80. The molecule has 0 N–H and O–H groups in total. The Morgan fingerprint density at radius 3 is 2.00 bits per heavy atom. The van der Waals surface area contributed by atoms with Gasteiger partial charge in [-0.05, 0) is 51.9 Å². The third-order valence-corrected chi connectivity index (χ3v) is 4.33. The molecule has 0 saturated carbocycles. The zero-order chi connectivity index (χ0) is 17.3. The molecule has 0 aliphatic heterocycles. The van der Waals surface area contributed by atoms with Gasteiger partial charge in [0.1, 0.15) is 0 Å². The van der Waals surface area contributed by atoms with Crippen molar-refractivity contribution in [2.75, 3.05) is 0 Å². The Morgan fingerprint density at radius 2 is 1.48 bits per heavy atom. The van der Waals surface area contributed by atoms with E-state index in [2.05, 4.69) is 86.4 Å². The summed E-state index contributed by atoms with van der Waals surface area (Å²) in [6.07, 6.45) is 6.59. The minimum atomic E-state index is 0.108. The van der Waals surface area contributed by atoms with Crippen molar-refractivity contribution in [3.8, 4) is 23.7 Å². The van der Waals surface area contributed by atoms with E-state index in [4.69, 9.17) is 0 Å². The molecule has 0 unspecified atom stereocenters. The zero-order valence-electron chi connectivity index (χ0n) is 15.3. The van der Waals surface area contributed by atoms with Crippen LogP contribution in [0.4, 0.5) is 0 Å². The Balaban J connectivity index is 3.23. The first-order valence-corrected chi connectivity index (χ1v) is 9.51. The van der Waals surface area contributed by atoms with Crippen LogP contribution in [0.2, 0.25) is 0 Å². The first-order chi connectivity index (χ1) is 10.9. The molecule has 1 rings (SSSR count). The molecule has 1 aromatic rings. The summed E-state index contributed by atoms with van der Waals surface area (Å²) in [4.78, 5) is 0. The third-order valence-electron chi connectivity index (χ3n) is 3.70. The molecule has 1 aromatic carbocycles. The van der Waals surface area contributed by atoms with E-state index in [1.807, 2.05) is 0 Å². The minimum Gasteiger partial charge on any atom is -0.0978 e. The van der Waals surface area contributed by atoms with Gasteiger partial charge in [-0.3, -0.25) is 0 Å². The molecule has 0 spiro atoms. The van der Waals surface area contributed by atoms with Crippen molar-refractivity contribution in [3.63, 3.8) is 0 Å². The summed E-state index contributed by atoms with van der Waals surface area (Å²) in [6, 6.07) is 4.41. The Labute approximate surface area is 151 Å². The van der Waals surface area contributed by atoms with Gasteiger partial charge in [0.15, 0.2) is 0 Å². The highest BCUT2D eigenvalue weighted by molar-refractivity contribution is 9.10. The molecular formula is C22H29Br. The van der Waals surface area contributed by atoms with Crippen molar-refractivity contribution in [3.05, 3.63) is 33.3 Å². The van der Waals surface area contributed by atoms with E-state index in [-0.39, 0.29) is 5.41 Å². The molecule has 1 heteroatoms. The lowest BCUT2D eigenvalue weighted by atomic mass is 9.85. The molecular weight excluding hydrogens is 344 g/mol. The van der Waals surface area contributed by atoms with Crippen LogP contribution in [0.15, 0.2) is 16.6 Å². The second kappa shape index (κ2) is 9.85. The standard InChI is InChI=1S/C22H29Br/c1-6-8-10-12-14-18-16-19(22(3,4)5)17-21(23)20(18)15-13-11-9-7-2/h16-17H,6-11H2,1-5H3. The molecule has 0 bridgehead atoms. The Morgan fingerprint density at radius 1 is 0.913 bits per heavy atom. The summed E-state index contributed by atoms with van der Waals surface area (Å²) in [5, 5.41) is 0. The van der Waals surface area contributed by atoms with Crippen LogP contribution in [0.25, 0.3) is 0 Å². The van der Waals surface area contributed by atoms with E-state index < -0.39 is 0 Å². The lowest BCUT2D eigenvalue weighted by Crippen LogP contribution is -2.11. The van der Waals surface area contributed by atoms with Gasteiger partial charge in [0, 0.05) is 22.9 Å². The van der Waals surface area contributed by atoms with Crippen molar-refractivity contribution >= 4 is 15.9 Å². The Hall–Kier alpha value is -1.18. The topological polar surface area (TPSA) is 0 Å². The molecule has 0 radical (unpaired) electrons. The van der Waals surface area contributed by atoms with E-state index >= 15 is 0 Å². The van der Waals surface area contributed by atoms with Crippen molar-refractivity contribution in [1.82, 2.24) is 0 Å². The van der Waals surface area contributed by atoms with Gasteiger partial charge >= 0.3 is 0 Å². The Kier molecular flexibility index (Phi) is 8.51. The van der Waals surface area contributed by atoms with Gasteiger partial charge in [-0.15, -0.1) is 0 Å². The second-order valence-electron chi connectivity index (χ2n) is 6.94. The van der Waals surface area contributed by atoms with Crippen molar-refractivity contribution in [2.45, 2.75) is 78.6 Å². The van der Waals surface area contributed by atoms with E-state index in [9.17, 15) is 0 Å². The number of hydrogen-bond donors (Lipinski definition) is 0. The quantitative estimate of drug-likeness (QED) is 0.401. The predicted octanol–water partition coefficient (Wildman–Crippen LogP) is 6.83. The fourth-order valence-electron chi connectivity index (χ4n) is 2.10. The minimum absolute atomic E-state index is 0.108. The SMILES string of the molecule is CCCCC#Cc1cc(C(C)(C)C)cc(Br)c1C#CCCCC. The maximum absolute atomic E-state index is 3.71. The highest BCUT2D eigenvalue weighted by atomic mass is 79.9. The van der Waals surface area contributed by atoms with Crippen LogP contribution in [0, 0.1) is 23.7 Å². The predicted molar refractivity (Wildman–Crippen MR) is 106 cm³/mol. The van der Waals surface area contributed by atoms with Crippen LogP contribution in [0.3, 0.4) is 0 Å². The maximum atomic E-state index is 3.71. The largest absolute Gasteiger partial charge is 0.0978 e. The highest BCUT2D eigenvalue weighted by Gasteiger charge is 2.17. The summed E-state index contributed by atoms with van der Waals surface area (Å²) >= 11 is 3.71. The summed E-state index contributed by atoms with van der Waals surface area (Å²) in [5.41, 5.74) is 3.50. The van der Waals surface area contributed by atoms with Crippen LogP contribution >= 0.6 is 15.9 Å².